The van der Waals surface area contributed by atoms with Crippen LogP contribution in [0.3, 0.4) is 0 Å². The van der Waals surface area contributed by atoms with Crippen LogP contribution in [0.2, 0.25) is 0 Å². The number of hydrogen-bond donors (Lipinski definition) is 1. The second-order valence-corrected chi connectivity index (χ2v) is 8.84. The molecule has 2 heterocycles. The summed E-state index contributed by atoms with van der Waals surface area (Å²) in [7, 11) is -1.33. The van der Waals surface area contributed by atoms with E-state index in [2.05, 4.69) is 10.4 Å². The normalized spacial score (nSPS) is 16.6. The van der Waals surface area contributed by atoms with Crippen molar-refractivity contribution in [3.8, 4) is 5.69 Å². The third kappa shape index (κ3) is 4.54. The first-order valence-corrected chi connectivity index (χ1v) is 10.5. The molecule has 1 aromatic heterocycles. The molecule has 1 aliphatic heterocycles. The Hall–Kier alpha value is -2.68. The highest BCUT2D eigenvalue weighted by atomic mass is 32.2. The molecule has 1 fully saturated rings. The number of sulfone groups is 1. The number of amides is 2. The zero-order chi connectivity index (χ0) is 19.4. The Balaban J connectivity index is 1.58. The number of carbonyl (C=O) groups is 2. The van der Waals surface area contributed by atoms with Gasteiger partial charge in [-0.25, -0.2) is 13.1 Å². The van der Waals surface area contributed by atoms with Crippen molar-refractivity contribution in [3.05, 3.63) is 48.3 Å². The lowest BCUT2D eigenvalue weighted by Crippen LogP contribution is -2.46. The molecule has 0 bridgehead atoms. The van der Waals surface area contributed by atoms with Gasteiger partial charge >= 0.3 is 0 Å². The maximum absolute atomic E-state index is 12.5. The summed E-state index contributed by atoms with van der Waals surface area (Å²) in [6.45, 7) is -0.154. The van der Waals surface area contributed by atoms with Gasteiger partial charge < -0.3 is 10.2 Å². The van der Waals surface area contributed by atoms with Gasteiger partial charge in [0.05, 0.1) is 29.9 Å². The minimum Gasteiger partial charge on any atom is -0.342 e. The van der Waals surface area contributed by atoms with Crippen molar-refractivity contribution >= 4 is 21.7 Å². The lowest BCUT2D eigenvalue weighted by atomic mass is 10.1. The second-order valence-electron chi connectivity index (χ2n) is 6.53. The quantitative estimate of drug-likeness (QED) is 0.807. The van der Waals surface area contributed by atoms with Gasteiger partial charge in [0, 0.05) is 13.1 Å². The Labute approximate surface area is 158 Å². The third-order valence-corrected chi connectivity index (χ3v) is 6.46. The molecule has 3 rings (SSSR count). The Bertz CT molecular complexity index is 910. The van der Waals surface area contributed by atoms with Crippen LogP contribution < -0.4 is 5.32 Å². The van der Waals surface area contributed by atoms with Gasteiger partial charge in [-0.2, -0.15) is 5.10 Å². The lowest BCUT2D eigenvalue weighted by Gasteiger charge is -2.31. The number of rotatable bonds is 5. The molecular weight excluding hydrogens is 368 g/mol. The Kier molecular flexibility index (Phi) is 5.59. The fourth-order valence-corrected chi connectivity index (χ4v) is 4.56. The molecule has 9 heteroatoms. The van der Waals surface area contributed by atoms with Crippen molar-refractivity contribution in [2.75, 3.05) is 25.1 Å². The van der Waals surface area contributed by atoms with Crippen LogP contribution in [0.1, 0.15) is 23.3 Å². The summed E-state index contributed by atoms with van der Waals surface area (Å²) in [5.74, 6) is -0.460. The summed E-state index contributed by atoms with van der Waals surface area (Å²) in [4.78, 5) is 26.4. The van der Waals surface area contributed by atoms with Crippen molar-refractivity contribution in [3.63, 3.8) is 0 Å². The van der Waals surface area contributed by atoms with E-state index in [-0.39, 0.29) is 30.0 Å². The van der Waals surface area contributed by atoms with Gasteiger partial charge in [0.1, 0.15) is 15.5 Å². The number of nitrogens with zero attached hydrogens (tertiary/aromatic N) is 3. The second kappa shape index (κ2) is 7.91. The SMILES string of the molecule is CN(C(=O)CNC(=O)c1ccnn1-c1ccccc1)C1CCS(=O)(=O)CC1. The molecule has 0 spiro atoms. The van der Waals surface area contributed by atoms with Crippen LogP contribution in [0, 0.1) is 0 Å². The largest absolute Gasteiger partial charge is 0.342 e. The summed E-state index contributed by atoms with van der Waals surface area (Å²) in [6.07, 6.45) is 2.39. The minimum absolute atomic E-state index is 0.0951. The van der Waals surface area contributed by atoms with Crippen LogP contribution in [-0.4, -0.2) is 66.1 Å². The van der Waals surface area contributed by atoms with Gasteiger partial charge in [-0.3, -0.25) is 9.59 Å². The Morgan fingerprint density at radius 2 is 1.85 bits per heavy atom. The molecular formula is C18H22N4O4S. The first-order chi connectivity index (χ1) is 12.9. The van der Waals surface area contributed by atoms with Crippen LogP contribution in [0.15, 0.2) is 42.6 Å². The number of para-hydroxylation sites is 1. The number of nitrogens with one attached hydrogen (secondary N) is 1. The third-order valence-electron chi connectivity index (χ3n) is 4.74. The molecule has 1 N–H and O–H groups in total. The van der Waals surface area contributed by atoms with Crippen molar-refractivity contribution in [1.29, 1.82) is 0 Å². The lowest BCUT2D eigenvalue weighted by molar-refractivity contribution is -0.131. The molecule has 1 aliphatic rings. The number of carbonyl (C=O) groups excluding carboxylic acids is 2. The summed E-state index contributed by atoms with van der Waals surface area (Å²) < 4.78 is 24.5. The number of benzene rings is 1. The van der Waals surface area contributed by atoms with Crippen LogP contribution in [0.4, 0.5) is 0 Å². The van der Waals surface area contributed by atoms with Gasteiger partial charge in [0.2, 0.25) is 5.91 Å². The molecule has 2 amide bonds. The van der Waals surface area contributed by atoms with Gasteiger partial charge in [0.25, 0.3) is 5.91 Å². The van der Waals surface area contributed by atoms with Gasteiger partial charge in [-0.15, -0.1) is 0 Å². The summed E-state index contributed by atoms with van der Waals surface area (Å²) in [5.41, 5.74) is 1.08. The van der Waals surface area contributed by atoms with E-state index >= 15 is 0 Å². The minimum atomic E-state index is -2.98. The molecule has 1 aromatic carbocycles. The monoisotopic (exact) mass is 390 g/mol. The summed E-state index contributed by atoms with van der Waals surface area (Å²) in [5, 5.41) is 6.78. The molecule has 0 radical (unpaired) electrons. The Morgan fingerprint density at radius 3 is 2.52 bits per heavy atom. The molecule has 8 nitrogen and oxygen atoms in total. The standard InChI is InChI=1S/C18H22N4O4S/c1-21(14-8-11-27(25,26)12-9-14)17(23)13-19-18(24)16-7-10-20-22(16)15-5-3-2-4-6-15/h2-7,10,14H,8-9,11-13H2,1H3,(H,19,24). The molecule has 0 aliphatic carbocycles. The molecule has 0 unspecified atom stereocenters. The van der Waals surface area contributed by atoms with Crippen LogP contribution in [0.25, 0.3) is 5.69 Å². The number of hydrogen-bond acceptors (Lipinski definition) is 5. The van der Waals surface area contributed by atoms with Gasteiger partial charge in [0.15, 0.2) is 0 Å². The van der Waals surface area contributed by atoms with Crippen LogP contribution >= 0.6 is 0 Å². The molecule has 2 aromatic rings. The highest BCUT2D eigenvalue weighted by Crippen LogP contribution is 2.17. The highest BCUT2D eigenvalue weighted by molar-refractivity contribution is 7.91. The van der Waals surface area contributed by atoms with E-state index in [4.69, 9.17) is 0 Å². The number of aromatic nitrogens is 2. The summed E-state index contributed by atoms with van der Waals surface area (Å²) in [6, 6.07) is 10.7. The van der Waals surface area contributed by atoms with E-state index in [9.17, 15) is 18.0 Å². The Morgan fingerprint density at radius 1 is 1.19 bits per heavy atom. The molecule has 27 heavy (non-hydrogen) atoms. The average molecular weight is 390 g/mol. The fourth-order valence-electron chi connectivity index (χ4n) is 3.09. The average Bonchev–Trinajstić information content (AvgIpc) is 3.16. The van der Waals surface area contributed by atoms with Crippen LogP contribution in [-0.2, 0) is 14.6 Å². The maximum Gasteiger partial charge on any atom is 0.270 e. The zero-order valence-electron chi connectivity index (χ0n) is 15.0. The van der Waals surface area contributed by atoms with E-state index < -0.39 is 15.7 Å². The first kappa shape index (κ1) is 19.1. The van der Waals surface area contributed by atoms with E-state index in [1.54, 1.807) is 13.1 Å². The maximum atomic E-state index is 12.5. The van der Waals surface area contributed by atoms with Crippen molar-refractivity contribution in [2.45, 2.75) is 18.9 Å². The number of likely N-dealkylation sites (N-methyl/N-ethyl adjacent to an activating group) is 1. The zero-order valence-corrected chi connectivity index (χ0v) is 15.9. The predicted octanol–water partition coefficient (Wildman–Crippen LogP) is 0.638. The molecule has 144 valence electrons. The smallest absolute Gasteiger partial charge is 0.270 e. The molecule has 0 atom stereocenters. The molecule has 0 saturated carbocycles. The highest BCUT2D eigenvalue weighted by Gasteiger charge is 2.28. The van der Waals surface area contributed by atoms with Crippen molar-refractivity contribution in [1.82, 2.24) is 20.0 Å². The van der Waals surface area contributed by atoms with Gasteiger partial charge in [-0.05, 0) is 31.0 Å². The van der Waals surface area contributed by atoms with E-state index in [0.29, 0.717) is 18.5 Å². The van der Waals surface area contributed by atoms with Crippen molar-refractivity contribution in [2.24, 2.45) is 0 Å². The molecule has 1 saturated heterocycles. The summed E-state index contributed by atoms with van der Waals surface area (Å²) >= 11 is 0. The first-order valence-electron chi connectivity index (χ1n) is 8.71. The van der Waals surface area contributed by atoms with E-state index in [1.807, 2.05) is 30.3 Å². The van der Waals surface area contributed by atoms with E-state index in [0.717, 1.165) is 5.69 Å². The predicted molar refractivity (Wildman–Crippen MR) is 100 cm³/mol. The van der Waals surface area contributed by atoms with E-state index in [1.165, 1.54) is 15.8 Å². The van der Waals surface area contributed by atoms with Gasteiger partial charge in [-0.1, -0.05) is 18.2 Å². The topological polar surface area (TPSA) is 101 Å². The fraction of sp³-hybridized carbons (Fsp3) is 0.389. The van der Waals surface area contributed by atoms with Crippen LogP contribution in [0.5, 0.6) is 0 Å². The van der Waals surface area contributed by atoms with Crippen molar-refractivity contribution < 1.29 is 18.0 Å².